The number of carboxylic acids is 1. The molecule has 1 heterocycles. The van der Waals surface area contributed by atoms with Gasteiger partial charge in [0, 0.05) is 0 Å². The van der Waals surface area contributed by atoms with Gasteiger partial charge in [0.1, 0.15) is 0 Å². The summed E-state index contributed by atoms with van der Waals surface area (Å²) in [6.07, 6.45) is -1.18. The van der Waals surface area contributed by atoms with E-state index in [0.717, 1.165) is 4.90 Å². The minimum absolute atomic E-state index is 0.0949. The minimum Gasteiger partial charge on any atom is -0.479 e. The summed E-state index contributed by atoms with van der Waals surface area (Å²) in [5.41, 5.74) is -1.16. The lowest BCUT2D eigenvalue weighted by Gasteiger charge is -2.01. The zero-order valence-corrected chi connectivity index (χ0v) is 5.37. The molecule has 0 aromatic rings. The molecule has 1 aliphatic rings. The van der Waals surface area contributed by atoms with Gasteiger partial charge in [-0.05, 0) is 6.92 Å². The second kappa shape index (κ2) is 1.62. The predicted molar refractivity (Wildman–Crippen MR) is 30.8 cm³/mol. The van der Waals surface area contributed by atoms with E-state index in [2.05, 4.69) is 0 Å². The van der Waals surface area contributed by atoms with Crippen LogP contribution in [0.3, 0.4) is 0 Å². The number of hydrogen-bond donors (Lipinski definition) is 2. The van der Waals surface area contributed by atoms with Gasteiger partial charge in [-0.15, -0.1) is 0 Å². The van der Waals surface area contributed by atoms with Crippen molar-refractivity contribution in [2.24, 2.45) is 0 Å². The molecule has 1 saturated heterocycles. The van der Waals surface area contributed by atoms with Crippen LogP contribution in [0, 0.1) is 0 Å². The molecule has 1 rings (SSSR count). The lowest BCUT2D eigenvalue weighted by molar-refractivity contribution is -0.140. The maximum atomic E-state index is 10.3. The Morgan fingerprint density at radius 2 is 2.00 bits per heavy atom. The Labute approximate surface area is 56.9 Å². The van der Waals surface area contributed by atoms with Gasteiger partial charge in [-0.3, -0.25) is 4.90 Å². The highest BCUT2D eigenvalue weighted by Crippen LogP contribution is 2.31. The van der Waals surface area contributed by atoms with Gasteiger partial charge in [0.2, 0.25) is 0 Å². The van der Waals surface area contributed by atoms with Crippen molar-refractivity contribution in [3.05, 3.63) is 0 Å². The predicted octanol–water partition coefficient (Wildman–Crippen LogP) is -0.177. The molecule has 5 nitrogen and oxygen atoms in total. The molecule has 0 saturated carbocycles. The first-order valence-electron chi connectivity index (χ1n) is 2.72. The van der Waals surface area contributed by atoms with Crippen LogP contribution in [0.25, 0.3) is 0 Å². The molecule has 1 aliphatic heterocycles. The summed E-state index contributed by atoms with van der Waals surface area (Å²) in [6, 6.07) is 0. The first-order chi connectivity index (χ1) is 4.48. The Balaban J connectivity index is 2.65. The van der Waals surface area contributed by atoms with Crippen molar-refractivity contribution in [2.45, 2.75) is 12.5 Å². The number of aliphatic carboxylic acids is 1. The maximum Gasteiger partial charge on any atom is 0.408 e. The fourth-order valence-electron chi connectivity index (χ4n) is 0.734. The van der Waals surface area contributed by atoms with Gasteiger partial charge in [-0.1, -0.05) is 0 Å². The zero-order valence-electron chi connectivity index (χ0n) is 5.37. The Morgan fingerprint density at radius 1 is 1.50 bits per heavy atom. The van der Waals surface area contributed by atoms with E-state index in [1.807, 2.05) is 0 Å². The van der Waals surface area contributed by atoms with Gasteiger partial charge in [0.05, 0.1) is 6.54 Å². The standard InChI is InChI=1S/C5H7NO4/c1-5(3(7)8)2-6(5)4(9)10/h2H2,1H3,(H,7,8)(H,9,10)/t5-,6?/m0/s1. The molecule has 10 heavy (non-hydrogen) atoms. The second-order valence-electron chi connectivity index (χ2n) is 2.45. The first-order valence-corrected chi connectivity index (χ1v) is 2.72. The van der Waals surface area contributed by atoms with E-state index in [-0.39, 0.29) is 6.54 Å². The van der Waals surface area contributed by atoms with E-state index in [1.54, 1.807) is 0 Å². The normalized spacial score (nSPS) is 29.9. The molecule has 56 valence electrons. The van der Waals surface area contributed by atoms with Crippen LogP contribution in [0.1, 0.15) is 6.92 Å². The molecule has 0 aromatic heterocycles. The monoisotopic (exact) mass is 145 g/mol. The Bertz CT molecular complexity index is 202. The van der Waals surface area contributed by atoms with Crippen molar-refractivity contribution in [2.75, 3.05) is 6.54 Å². The van der Waals surface area contributed by atoms with E-state index < -0.39 is 17.6 Å². The molecular formula is C5H7NO4. The summed E-state index contributed by atoms with van der Waals surface area (Å²) in [7, 11) is 0. The third-order valence-electron chi connectivity index (χ3n) is 1.65. The van der Waals surface area contributed by atoms with Gasteiger partial charge in [-0.25, -0.2) is 9.59 Å². The van der Waals surface area contributed by atoms with Gasteiger partial charge in [-0.2, -0.15) is 0 Å². The van der Waals surface area contributed by atoms with Crippen LogP contribution < -0.4 is 0 Å². The molecule has 1 amide bonds. The molecule has 0 aromatic carbocycles. The average Bonchev–Trinajstić information content (AvgIpc) is 2.43. The van der Waals surface area contributed by atoms with E-state index in [9.17, 15) is 9.59 Å². The Hall–Kier alpha value is -1.26. The quantitative estimate of drug-likeness (QED) is 0.502. The van der Waals surface area contributed by atoms with Gasteiger partial charge >= 0.3 is 12.1 Å². The highest BCUT2D eigenvalue weighted by Gasteiger charge is 2.57. The number of carbonyl (C=O) groups is 2. The van der Waals surface area contributed by atoms with Crippen LogP contribution in [0.2, 0.25) is 0 Å². The lowest BCUT2D eigenvalue weighted by atomic mass is 10.2. The molecule has 0 bridgehead atoms. The molecule has 1 atom stereocenters. The summed E-state index contributed by atoms with van der Waals surface area (Å²) in [5, 5.41) is 16.7. The number of amides is 1. The van der Waals surface area contributed by atoms with Crippen LogP contribution in [0.4, 0.5) is 4.79 Å². The minimum atomic E-state index is -1.18. The molecule has 0 radical (unpaired) electrons. The third-order valence-corrected chi connectivity index (χ3v) is 1.65. The molecular weight excluding hydrogens is 138 g/mol. The molecule has 1 fully saturated rings. The van der Waals surface area contributed by atoms with Crippen LogP contribution in [0.15, 0.2) is 0 Å². The van der Waals surface area contributed by atoms with Crippen molar-refractivity contribution in [3.63, 3.8) is 0 Å². The SMILES string of the molecule is C[C@@]1(C(=O)O)CN1C(=O)O. The number of rotatable bonds is 1. The second-order valence-corrected chi connectivity index (χ2v) is 2.45. The summed E-state index contributed by atoms with van der Waals surface area (Å²) < 4.78 is 0. The van der Waals surface area contributed by atoms with Crippen molar-refractivity contribution in [3.8, 4) is 0 Å². The van der Waals surface area contributed by atoms with E-state index in [4.69, 9.17) is 10.2 Å². The van der Waals surface area contributed by atoms with Crippen LogP contribution in [-0.2, 0) is 4.79 Å². The smallest absolute Gasteiger partial charge is 0.408 e. The topological polar surface area (TPSA) is 77.6 Å². The van der Waals surface area contributed by atoms with Crippen molar-refractivity contribution in [1.29, 1.82) is 0 Å². The molecule has 5 heteroatoms. The largest absolute Gasteiger partial charge is 0.479 e. The highest BCUT2D eigenvalue weighted by atomic mass is 16.4. The Morgan fingerprint density at radius 3 is 2.10 bits per heavy atom. The number of carboxylic acid groups (broad SMARTS) is 2. The van der Waals surface area contributed by atoms with Crippen LogP contribution >= 0.6 is 0 Å². The fraction of sp³-hybridized carbons (Fsp3) is 0.600. The Kier molecular flexibility index (Phi) is 1.11. The summed E-state index contributed by atoms with van der Waals surface area (Å²) in [5.74, 6) is -1.09. The fourth-order valence-corrected chi connectivity index (χ4v) is 0.734. The van der Waals surface area contributed by atoms with Gasteiger partial charge < -0.3 is 10.2 Å². The van der Waals surface area contributed by atoms with Crippen molar-refractivity contribution < 1.29 is 19.8 Å². The van der Waals surface area contributed by atoms with Crippen LogP contribution in [-0.4, -0.2) is 39.3 Å². The maximum absolute atomic E-state index is 10.3. The lowest BCUT2D eigenvalue weighted by Crippen LogP contribution is -2.27. The van der Waals surface area contributed by atoms with E-state index in [1.165, 1.54) is 6.92 Å². The summed E-state index contributed by atoms with van der Waals surface area (Å²) in [6.45, 7) is 1.47. The number of hydrogen-bond acceptors (Lipinski definition) is 2. The first kappa shape index (κ1) is 6.85. The molecule has 0 spiro atoms. The van der Waals surface area contributed by atoms with Crippen molar-refractivity contribution >= 4 is 12.1 Å². The van der Waals surface area contributed by atoms with Crippen molar-refractivity contribution in [1.82, 2.24) is 4.90 Å². The van der Waals surface area contributed by atoms with E-state index >= 15 is 0 Å². The molecule has 0 aliphatic carbocycles. The molecule has 0 unspecified atom stereocenters. The summed E-state index contributed by atoms with van der Waals surface area (Å²) in [4.78, 5) is 21.3. The van der Waals surface area contributed by atoms with E-state index in [0.29, 0.717) is 0 Å². The third kappa shape index (κ3) is 0.706. The van der Waals surface area contributed by atoms with Crippen LogP contribution in [0.5, 0.6) is 0 Å². The number of nitrogens with zero attached hydrogens (tertiary/aromatic N) is 1. The van der Waals surface area contributed by atoms with Gasteiger partial charge in [0.25, 0.3) is 0 Å². The summed E-state index contributed by atoms with van der Waals surface area (Å²) >= 11 is 0. The zero-order chi connectivity index (χ0) is 7.94. The average molecular weight is 145 g/mol. The highest BCUT2D eigenvalue weighted by molar-refractivity contribution is 5.89. The van der Waals surface area contributed by atoms with Gasteiger partial charge in [0.15, 0.2) is 5.54 Å². The molecule has 2 N–H and O–H groups in total.